The number of carbonyl (C=O) groups excluding carboxylic acids is 1. The summed E-state index contributed by atoms with van der Waals surface area (Å²) in [7, 11) is 1.61. The van der Waals surface area contributed by atoms with Crippen LogP contribution < -0.4 is 0 Å². The number of aryl methyl sites for hydroxylation is 2. The molecule has 0 aromatic carbocycles. The van der Waals surface area contributed by atoms with Crippen LogP contribution in [0, 0.1) is 12.8 Å². The van der Waals surface area contributed by atoms with Crippen LogP contribution in [-0.4, -0.2) is 37.4 Å². The molecule has 1 unspecified atom stereocenters. The highest BCUT2D eigenvalue weighted by atomic mass is 35.5. The lowest BCUT2D eigenvalue weighted by molar-refractivity contribution is -0.141. The molecule has 0 fully saturated rings. The average molecular weight is 392 g/mol. The molecule has 144 valence electrons. The van der Waals surface area contributed by atoms with Crippen LogP contribution in [0.3, 0.4) is 0 Å². The van der Waals surface area contributed by atoms with Crippen molar-refractivity contribution >= 4 is 17.5 Å². The maximum Gasteiger partial charge on any atom is 0.435 e. The molecule has 26 heavy (non-hydrogen) atoms. The van der Waals surface area contributed by atoms with Crippen molar-refractivity contribution in [1.82, 2.24) is 24.5 Å². The second kappa shape index (κ2) is 7.69. The minimum atomic E-state index is -4.51. The van der Waals surface area contributed by atoms with Crippen molar-refractivity contribution in [2.75, 3.05) is 7.05 Å². The fourth-order valence-corrected chi connectivity index (χ4v) is 2.77. The van der Waals surface area contributed by atoms with Gasteiger partial charge in [-0.3, -0.25) is 14.2 Å². The Bertz CT molecular complexity index is 783. The largest absolute Gasteiger partial charge is 0.435 e. The summed E-state index contributed by atoms with van der Waals surface area (Å²) in [6, 6.07) is 0.970. The van der Waals surface area contributed by atoms with Crippen LogP contribution in [0.15, 0.2) is 12.3 Å². The Kier molecular flexibility index (Phi) is 6.00. The van der Waals surface area contributed by atoms with Crippen molar-refractivity contribution in [2.45, 2.75) is 46.6 Å². The fraction of sp³-hybridized carbons (Fsp3) is 0.562. The number of nitrogens with zero attached hydrogens (tertiary/aromatic N) is 5. The average Bonchev–Trinajstić information content (AvgIpc) is 3.09. The van der Waals surface area contributed by atoms with Gasteiger partial charge >= 0.3 is 6.18 Å². The van der Waals surface area contributed by atoms with Crippen molar-refractivity contribution in [2.24, 2.45) is 5.92 Å². The minimum Gasteiger partial charge on any atom is -0.339 e. The molecule has 0 radical (unpaired) electrons. The molecule has 0 spiro atoms. The molecule has 0 saturated heterocycles. The molecule has 1 amide bonds. The van der Waals surface area contributed by atoms with Gasteiger partial charge in [-0.15, -0.1) is 0 Å². The summed E-state index contributed by atoms with van der Waals surface area (Å²) in [6.07, 6.45) is -2.82. The molecule has 2 heterocycles. The van der Waals surface area contributed by atoms with E-state index in [4.69, 9.17) is 11.6 Å². The lowest BCUT2D eigenvalue weighted by Crippen LogP contribution is -2.33. The van der Waals surface area contributed by atoms with Gasteiger partial charge < -0.3 is 4.90 Å². The highest BCUT2D eigenvalue weighted by Gasteiger charge is 2.34. The summed E-state index contributed by atoms with van der Waals surface area (Å²) in [5, 5.41) is 8.32. The van der Waals surface area contributed by atoms with Gasteiger partial charge in [0.05, 0.1) is 24.0 Å². The van der Waals surface area contributed by atoms with Gasteiger partial charge in [0.2, 0.25) is 5.91 Å². The highest BCUT2D eigenvalue weighted by molar-refractivity contribution is 6.31. The van der Waals surface area contributed by atoms with Crippen molar-refractivity contribution in [3.8, 4) is 0 Å². The summed E-state index contributed by atoms with van der Waals surface area (Å²) < 4.78 is 41.1. The van der Waals surface area contributed by atoms with Gasteiger partial charge in [-0.05, 0) is 19.9 Å². The predicted molar refractivity (Wildman–Crippen MR) is 90.5 cm³/mol. The summed E-state index contributed by atoms with van der Waals surface area (Å²) in [5.74, 6) is -0.776. The summed E-state index contributed by atoms with van der Waals surface area (Å²) in [6.45, 7) is 6.04. The molecular weight excluding hydrogens is 371 g/mol. The van der Waals surface area contributed by atoms with Gasteiger partial charge in [0.15, 0.2) is 5.69 Å². The van der Waals surface area contributed by atoms with E-state index in [0.29, 0.717) is 23.0 Å². The third-order valence-corrected chi connectivity index (χ3v) is 4.33. The van der Waals surface area contributed by atoms with Crippen molar-refractivity contribution in [3.63, 3.8) is 0 Å². The maximum atomic E-state index is 12.7. The molecule has 0 bridgehead atoms. The zero-order chi connectivity index (χ0) is 19.6. The first-order chi connectivity index (χ1) is 12.0. The number of hydrogen-bond acceptors (Lipinski definition) is 3. The number of hydrogen-bond donors (Lipinski definition) is 0. The van der Waals surface area contributed by atoms with Crippen molar-refractivity contribution in [1.29, 1.82) is 0 Å². The number of amides is 1. The van der Waals surface area contributed by atoms with Crippen LogP contribution in [-0.2, 0) is 30.6 Å². The fourth-order valence-electron chi connectivity index (χ4n) is 2.56. The molecule has 2 aromatic heterocycles. The van der Waals surface area contributed by atoms with Gasteiger partial charge in [0.25, 0.3) is 0 Å². The van der Waals surface area contributed by atoms with E-state index in [1.807, 2.05) is 6.92 Å². The number of carbonyl (C=O) groups is 1. The van der Waals surface area contributed by atoms with Crippen molar-refractivity contribution in [3.05, 3.63) is 34.4 Å². The Morgan fingerprint density at radius 2 is 2.04 bits per heavy atom. The topological polar surface area (TPSA) is 56.0 Å². The lowest BCUT2D eigenvalue weighted by atomic mass is 10.1. The van der Waals surface area contributed by atoms with Crippen LogP contribution in [0.2, 0.25) is 5.02 Å². The molecule has 2 rings (SSSR count). The number of halogens is 4. The molecule has 0 aliphatic rings. The van der Waals surface area contributed by atoms with Gasteiger partial charge in [0.1, 0.15) is 5.69 Å². The third kappa shape index (κ3) is 4.57. The van der Waals surface area contributed by atoms with E-state index in [2.05, 4.69) is 10.2 Å². The van der Waals surface area contributed by atoms with E-state index in [9.17, 15) is 18.0 Å². The van der Waals surface area contributed by atoms with E-state index in [1.165, 1.54) is 16.5 Å². The quantitative estimate of drug-likeness (QED) is 0.758. The molecule has 0 N–H and O–H groups in total. The maximum absolute atomic E-state index is 12.7. The van der Waals surface area contributed by atoms with Crippen LogP contribution in [0.4, 0.5) is 13.2 Å². The molecule has 10 heteroatoms. The van der Waals surface area contributed by atoms with Crippen molar-refractivity contribution < 1.29 is 18.0 Å². The van der Waals surface area contributed by atoms with E-state index < -0.39 is 17.8 Å². The molecule has 1 atom stereocenters. The normalized spacial score (nSPS) is 13.1. The van der Waals surface area contributed by atoms with E-state index in [0.717, 1.165) is 6.07 Å². The molecule has 0 aliphatic heterocycles. The third-order valence-electron chi connectivity index (χ3n) is 4.01. The Morgan fingerprint density at radius 1 is 1.38 bits per heavy atom. The molecule has 2 aromatic rings. The first kappa shape index (κ1) is 20.3. The van der Waals surface area contributed by atoms with Crippen LogP contribution >= 0.6 is 11.6 Å². The first-order valence-corrected chi connectivity index (χ1v) is 8.49. The van der Waals surface area contributed by atoms with E-state index >= 15 is 0 Å². The van der Waals surface area contributed by atoms with Crippen LogP contribution in [0.5, 0.6) is 0 Å². The Balaban J connectivity index is 2.04. The smallest absolute Gasteiger partial charge is 0.339 e. The Hall–Kier alpha value is -2.03. The van der Waals surface area contributed by atoms with E-state index in [1.54, 1.807) is 24.9 Å². The van der Waals surface area contributed by atoms with Gasteiger partial charge in [0, 0.05) is 25.5 Å². The number of aromatic nitrogens is 4. The zero-order valence-corrected chi connectivity index (χ0v) is 15.8. The molecule has 6 nitrogen and oxygen atoms in total. The SMILES string of the molecule is CCn1cc(Cl)c(CN(C)C(=O)C(C)Cn2nc(C(F)(F)F)cc2C)n1. The second-order valence-corrected chi connectivity index (χ2v) is 6.63. The highest BCUT2D eigenvalue weighted by Crippen LogP contribution is 2.28. The number of rotatable bonds is 6. The van der Waals surface area contributed by atoms with Crippen LogP contribution in [0.25, 0.3) is 0 Å². The molecular formula is C16H21ClF3N5O. The van der Waals surface area contributed by atoms with Crippen LogP contribution in [0.1, 0.15) is 30.9 Å². The Morgan fingerprint density at radius 3 is 2.54 bits per heavy atom. The zero-order valence-electron chi connectivity index (χ0n) is 15.0. The molecule has 0 saturated carbocycles. The minimum absolute atomic E-state index is 0.0578. The molecule has 0 aliphatic carbocycles. The Labute approximate surface area is 154 Å². The second-order valence-electron chi connectivity index (χ2n) is 6.23. The summed E-state index contributed by atoms with van der Waals surface area (Å²) in [5.41, 5.74) is -0.0320. The van der Waals surface area contributed by atoms with E-state index in [-0.39, 0.29) is 19.0 Å². The lowest BCUT2D eigenvalue weighted by Gasteiger charge is -2.21. The van der Waals surface area contributed by atoms with Gasteiger partial charge in [-0.1, -0.05) is 18.5 Å². The summed E-state index contributed by atoms with van der Waals surface area (Å²) in [4.78, 5) is 14.0. The number of alkyl halides is 3. The first-order valence-electron chi connectivity index (χ1n) is 8.11. The standard InChI is InChI=1S/C16H21ClF3N5O/c1-5-24-8-12(17)13(21-24)9-23(4)15(26)10(2)7-25-11(3)6-14(22-25)16(18,19)20/h6,8,10H,5,7,9H2,1-4H3. The van der Waals surface area contributed by atoms with Gasteiger partial charge in [-0.2, -0.15) is 23.4 Å². The monoisotopic (exact) mass is 391 g/mol. The summed E-state index contributed by atoms with van der Waals surface area (Å²) >= 11 is 6.11. The van der Waals surface area contributed by atoms with Gasteiger partial charge in [-0.25, -0.2) is 0 Å². The predicted octanol–water partition coefficient (Wildman–Crippen LogP) is 3.37.